The second kappa shape index (κ2) is 3.35. The molecule has 0 saturated carbocycles. The molecule has 3 rings (SSSR count). The fraction of sp³-hybridized carbons (Fsp3) is 0.786. The first-order valence-electron chi connectivity index (χ1n) is 6.67. The van der Waals surface area contributed by atoms with Crippen LogP contribution in [0.1, 0.15) is 57.2 Å². The zero-order valence-corrected chi connectivity index (χ0v) is 10.7. The molecule has 2 heteroatoms. The van der Waals surface area contributed by atoms with Gasteiger partial charge in [-0.25, -0.2) is 4.98 Å². The van der Waals surface area contributed by atoms with Crippen LogP contribution in [0.4, 0.5) is 0 Å². The van der Waals surface area contributed by atoms with Gasteiger partial charge in [0.2, 0.25) is 0 Å². The van der Waals surface area contributed by atoms with Gasteiger partial charge in [0.25, 0.3) is 0 Å². The maximum Gasteiger partial charge on any atom is 0.109 e. The maximum atomic E-state index is 4.96. The number of fused-ring (bicyclic) bond motifs is 3. The average molecular weight is 218 g/mol. The SMILES string of the molecule is CC1CCn2c(nc3c2CCCC3(C)C)C1. The largest absolute Gasteiger partial charge is 0.332 e. The van der Waals surface area contributed by atoms with E-state index in [1.807, 2.05) is 0 Å². The monoisotopic (exact) mass is 218 g/mol. The van der Waals surface area contributed by atoms with Gasteiger partial charge in [-0.15, -0.1) is 0 Å². The van der Waals surface area contributed by atoms with Gasteiger partial charge in [0.1, 0.15) is 5.82 Å². The van der Waals surface area contributed by atoms with E-state index >= 15 is 0 Å². The number of hydrogen-bond acceptors (Lipinski definition) is 1. The van der Waals surface area contributed by atoms with Gasteiger partial charge in [0, 0.05) is 24.1 Å². The lowest BCUT2D eigenvalue weighted by atomic mass is 9.78. The third-order valence-electron chi connectivity index (χ3n) is 4.38. The number of aromatic nitrogens is 2. The second-order valence-electron chi connectivity index (χ2n) is 6.31. The van der Waals surface area contributed by atoms with Crippen LogP contribution in [0.3, 0.4) is 0 Å². The summed E-state index contributed by atoms with van der Waals surface area (Å²) >= 11 is 0. The molecular formula is C14H22N2. The van der Waals surface area contributed by atoms with E-state index in [1.165, 1.54) is 50.2 Å². The summed E-state index contributed by atoms with van der Waals surface area (Å²) in [6.07, 6.45) is 6.39. The third kappa shape index (κ3) is 1.42. The zero-order chi connectivity index (χ0) is 11.3. The lowest BCUT2D eigenvalue weighted by Gasteiger charge is -2.29. The first-order valence-corrected chi connectivity index (χ1v) is 6.67. The van der Waals surface area contributed by atoms with Gasteiger partial charge < -0.3 is 4.57 Å². The summed E-state index contributed by atoms with van der Waals surface area (Å²) < 4.78 is 2.52. The number of hydrogen-bond donors (Lipinski definition) is 0. The lowest BCUT2D eigenvalue weighted by Crippen LogP contribution is -2.25. The molecule has 0 fully saturated rings. The molecule has 1 atom stereocenters. The number of nitrogens with zero attached hydrogens (tertiary/aromatic N) is 2. The van der Waals surface area contributed by atoms with E-state index in [0.29, 0.717) is 5.41 Å². The highest BCUT2D eigenvalue weighted by atomic mass is 15.1. The van der Waals surface area contributed by atoms with E-state index in [4.69, 9.17) is 4.98 Å². The molecule has 2 heterocycles. The van der Waals surface area contributed by atoms with Crippen molar-refractivity contribution in [1.82, 2.24) is 9.55 Å². The number of imidazole rings is 1. The third-order valence-corrected chi connectivity index (χ3v) is 4.38. The van der Waals surface area contributed by atoms with Crippen LogP contribution in [-0.2, 0) is 24.8 Å². The van der Waals surface area contributed by atoms with Crippen LogP contribution in [0.2, 0.25) is 0 Å². The molecule has 1 aromatic rings. The van der Waals surface area contributed by atoms with Gasteiger partial charge in [0.05, 0.1) is 5.69 Å². The highest BCUT2D eigenvalue weighted by Gasteiger charge is 2.34. The average Bonchev–Trinajstić information content (AvgIpc) is 2.57. The van der Waals surface area contributed by atoms with Crippen molar-refractivity contribution in [1.29, 1.82) is 0 Å². The van der Waals surface area contributed by atoms with Crippen LogP contribution >= 0.6 is 0 Å². The summed E-state index contributed by atoms with van der Waals surface area (Å²) in [5.41, 5.74) is 3.27. The zero-order valence-electron chi connectivity index (χ0n) is 10.7. The van der Waals surface area contributed by atoms with E-state index in [1.54, 1.807) is 5.69 Å². The van der Waals surface area contributed by atoms with Crippen LogP contribution in [0.15, 0.2) is 0 Å². The standard InChI is InChI=1S/C14H22N2/c1-10-6-8-16-11-5-4-7-14(2,3)13(11)15-12(16)9-10/h10H,4-9H2,1-3H3. The molecule has 0 amide bonds. The van der Waals surface area contributed by atoms with Gasteiger partial charge in [-0.1, -0.05) is 20.8 Å². The van der Waals surface area contributed by atoms with E-state index in [9.17, 15) is 0 Å². The Morgan fingerprint density at radius 1 is 1.38 bits per heavy atom. The van der Waals surface area contributed by atoms with Crippen molar-refractivity contribution in [3.63, 3.8) is 0 Å². The Bertz CT molecular complexity index is 415. The Kier molecular flexibility index (Phi) is 2.17. The molecule has 0 radical (unpaired) electrons. The number of rotatable bonds is 0. The molecule has 88 valence electrons. The minimum absolute atomic E-state index is 0.307. The highest BCUT2D eigenvalue weighted by Crippen LogP contribution is 2.38. The summed E-state index contributed by atoms with van der Waals surface area (Å²) in [6, 6.07) is 0. The Hall–Kier alpha value is -0.790. The molecule has 0 aromatic carbocycles. The fourth-order valence-electron chi connectivity index (χ4n) is 3.33. The second-order valence-corrected chi connectivity index (χ2v) is 6.31. The lowest BCUT2D eigenvalue weighted by molar-refractivity contribution is 0.390. The van der Waals surface area contributed by atoms with Gasteiger partial charge in [-0.05, 0) is 31.6 Å². The highest BCUT2D eigenvalue weighted by molar-refractivity contribution is 5.28. The molecule has 2 aliphatic rings. The van der Waals surface area contributed by atoms with E-state index < -0.39 is 0 Å². The van der Waals surface area contributed by atoms with Crippen molar-refractivity contribution in [2.24, 2.45) is 5.92 Å². The van der Waals surface area contributed by atoms with Crippen LogP contribution < -0.4 is 0 Å². The smallest absolute Gasteiger partial charge is 0.109 e. The molecule has 1 aromatic heterocycles. The van der Waals surface area contributed by atoms with Gasteiger partial charge >= 0.3 is 0 Å². The van der Waals surface area contributed by atoms with Crippen molar-refractivity contribution < 1.29 is 0 Å². The molecule has 0 spiro atoms. The van der Waals surface area contributed by atoms with Gasteiger partial charge in [-0.2, -0.15) is 0 Å². The summed E-state index contributed by atoms with van der Waals surface area (Å²) in [5, 5.41) is 0. The molecule has 0 N–H and O–H groups in total. The van der Waals surface area contributed by atoms with E-state index in [2.05, 4.69) is 25.3 Å². The summed E-state index contributed by atoms with van der Waals surface area (Å²) in [5.74, 6) is 2.18. The van der Waals surface area contributed by atoms with Crippen molar-refractivity contribution in [3.05, 3.63) is 17.2 Å². The molecule has 0 saturated heterocycles. The van der Waals surface area contributed by atoms with Crippen LogP contribution in [0.25, 0.3) is 0 Å². The summed E-state index contributed by atoms with van der Waals surface area (Å²) in [6.45, 7) is 8.26. The Morgan fingerprint density at radius 3 is 3.00 bits per heavy atom. The molecule has 2 nitrogen and oxygen atoms in total. The van der Waals surface area contributed by atoms with Crippen molar-refractivity contribution in [3.8, 4) is 0 Å². The minimum Gasteiger partial charge on any atom is -0.332 e. The quantitative estimate of drug-likeness (QED) is 0.654. The van der Waals surface area contributed by atoms with Crippen molar-refractivity contribution >= 4 is 0 Å². The van der Waals surface area contributed by atoms with Crippen LogP contribution in [0.5, 0.6) is 0 Å². The Labute approximate surface area is 98.1 Å². The topological polar surface area (TPSA) is 17.8 Å². The molecule has 16 heavy (non-hydrogen) atoms. The maximum absolute atomic E-state index is 4.96. The minimum atomic E-state index is 0.307. The predicted molar refractivity (Wildman–Crippen MR) is 65.7 cm³/mol. The van der Waals surface area contributed by atoms with E-state index in [-0.39, 0.29) is 0 Å². The Morgan fingerprint density at radius 2 is 2.19 bits per heavy atom. The van der Waals surface area contributed by atoms with Gasteiger partial charge in [0.15, 0.2) is 0 Å². The van der Waals surface area contributed by atoms with Gasteiger partial charge in [-0.3, -0.25) is 0 Å². The first kappa shape index (κ1) is 10.4. The van der Waals surface area contributed by atoms with Crippen molar-refractivity contribution in [2.45, 2.75) is 64.8 Å². The molecular weight excluding hydrogens is 196 g/mol. The molecule has 1 aliphatic carbocycles. The molecule has 1 unspecified atom stereocenters. The summed E-state index contributed by atoms with van der Waals surface area (Å²) in [4.78, 5) is 4.96. The Balaban J connectivity index is 2.10. The molecule has 1 aliphatic heterocycles. The van der Waals surface area contributed by atoms with Crippen LogP contribution in [-0.4, -0.2) is 9.55 Å². The predicted octanol–water partition coefficient (Wildman–Crippen LogP) is 3.08. The van der Waals surface area contributed by atoms with Crippen molar-refractivity contribution in [2.75, 3.05) is 0 Å². The fourth-order valence-corrected chi connectivity index (χ4v) is 3.33. The van der Waals surface area contributed by atoms with Crippen LogP contribution in [0, 0.1) is 5.92 Å². The summed E-state index contributed by atoms with van der Waals surface area (Å²) in [7, 11) is 0. The normalized spacial score (nSPS) is 27.3. The molecule has 0 bridgehead atoms. The first-order chi connectivity index (χ1) is 7.58. The van der Waals surface area contributed by atoms with E-state index in [0.717, 1.165) is 5.92 Å².